The minimum absolute atomic E-state index is 0.0652. The molecule has 3 heterocycles. The third-order valence-electron chi connectivity index (χ3n) is 8.10. The maximum Gasteiger partial charge on any atom is 0.235 e. The number of morpholine rings is 1. The Morgan fingerprint density at radius 1 is 1.08 bits per heavy atom. The van der Waals surface area contributed by atoms with E-state index < -0.39 is 5.41 Å². The number of benzene rings is 3. The number of rotatable bonds is 4. The van der Waals surface area contributed by atoms with E-state index in [1.54, 1.807) is 7.11 Å². The summed E-state index contributed by atoms with van der Waals surface area (Å²) in [5.41, 5.74) is 6.41. The summed E-state index contributed by atoms with van der Waals surface area (Å²) in [5, 5.41) is 11.7. The van der Waals surface area contributed by atoms with E-state index in [0.29, 0.717) is 0 Å². The highest BCUT2D eigenvalue weighted by molar-refractivity contribution is 6.10. The summed E-state index contributed by atoms with van der Waals surface area (Å²) in [6.45, 7) is 4.51. The van der Waals surface area contributed by atoms with E-state index in [4.69, 9.17) is 9.47 Å². The third-order valence-corrected chi connectivity index (χ3v) is 8.10. The summed E-state index contributed by atoms with van der Waals surface area (Å²) in [6.07, 6.45) is 0.781. The molecule has 1 spiro atoms. The number of H-pyrrole nitrogens is 1. The summed E-state index contributed by atoms with van der Waals surface area (Å²) in [7, 11) is 1.65. The molecule has 38 heavy (non-hydrogen) atoms. The molecule has 1 unspecified atom stereocenters. The summed E-state index contributed by atoms with van der Waals surface area (Å²) >= 11 is 0. The molecule has 190 valence electrons. The van der Waals surface area contributed by atoms with Gasteiger partial charge in [0.1, 0.15) is 11.4 Å². The highest BCUT2D eigenvalue weighted by atomic mass is 16.5. The lowest BCUT2D eigenvalue weighted by Gasteiger charge is -2.26. The number of fused-ring (bicyclic) bond motifs is 3. The standard InChI is InChI=1S/C31H28N4O3/c1-37-23-8-11-28-25(17-23)31(30(36)32-28)18-26(31)22-7-9-24-27(33-34-29(24)16-22)10-6-20-2-4-21(5-3-20)19-35-12-14-38-15-13-35/h2-5,7-9,11,16-17,26H,12-15,18-19H2,1H3,(H,32,36)(H,33,34)/t26-,31?/m0/s1. The zero-order valence-electron chi connectivity index (χ0n) is 21.2. The van der Waals surface area contributed by atoms with Gasteiger partial charge in [-0.15, -0.1) is 0 Å². The first-order chi connectivity index (χ1) is 18.6. The van der Waals surface area contributed by atoms with Gasteiger partial charge in [0.05, 0.1) is 31.3 Å². The van der Waals surface area contributed by atoms with Gasteiger partial charge in [0.25, 0.3) is 0 Å². The number of aromatic amines is 1. The predicted octanol–water partition coefficient (Wildman–Crippen LogP) is 4.18. The fourth-order valence-corrected chi connectivity index (χ4v) is 5.89. The lowest BCUT2D eigenvalue weighted by atomic mass is 9.91. The molecule has 2 fully saturated rings. The van der Waals surface area contributed by atoms with Crippen LogP contribution in [0.3, 0.4) is 0 Å². The van der Waals surface area contributed by atoms with Crippen LogP contribution in [0.4, 0.5) is 5.69 Å². The van der Waals surface area contributed by atoms with Crippen molar-refractivity contribution in [3.05, 3.63) is 88.6 Å². The van der Waals surface area contributed by atoms with Crippen molar-refractivity contribution in [1.82, 2.24) is 15.1 Å². The van der Waals surface area contributed by atoms with E-state index in [0.717, 1.165) is 84.0 Å². The van der Waals surface area contributed by atoms with Crippen LogP contribution >= 0.6 is 0 Å². The second kappa shape index (κ2) is 9.02. The molecule has 2 N–H and O–H groups in total. The minimum atomic E-state index is -0.523. The van der Waals surface area contributed by atoms with E-state index in [1.807, 2.05) is 18.2 Å². The highest BCUT2D eigenvalue weighted by Crippen LogP contribution is 2.65. The molecule has 1 amide bonds. The first-order valence-electron chi connectivity index (χ1n) is 13.0. The number of anilines is 1. The molecule has 7 rings (SSSR count). The van der Waals surface area contributed by atoms with Crippen LogP contribution in [0.15, 0.2) is 60.7 Å². The van der Waals surface area contributed by atoms with Crippen LogP contribution in [0.5, 0.6) is 5.75 Å². The van der Waals surface area contributed by atoms with Crippen molar-refractivity contribution in [2.45, 2.75) is 24.3 Å². The van der Waals surface area contributed by atoms with Crippen molar-refractivity contribution >= 4 is 22.5 Å². The Kier molecular flexibility index (Phi) is 5.46. The van der Waals surface area contributed by atoms with Gasteiger partial charge in [0, 0.05) is 42.2 Å². The van der Waals surface area contributed by atoms with Gasteiger partial charge >= 0.3 is 0 Å². The second-order valence-corrected chi connectivity index (χ2v) is 10.3. The van der Waals surface area contributed by atoms with Gasteiger partial charge in [-0.1, -0.05) is 24.1 Å². The number of nitrogens with zero attached hydrogens (tertiary/aromatic N) is 2. The maximum absolute atomic E-state index is 13.0. The Labute approximate surface area is 221 Å². The third kappa shape index (κ3) is 3.85. The summed E-state index contributed by atoms with van der Waals surface area (Å²) in [5.74, 6) is 7.47. The van der Waals surface area contributed by atoms with Gasteiger partial charge in [-0.25, -0.2) is 0 Å². The van der Waals surface area contributed by atoms with Crippen LogP contribution in [-0.2, 0) is 21.5 Å². The van der Waals surface area contributed by atoms with Crippen LogP contribution in [-0.4, -0.2) is 54.4 Å². The Morgan fingerprint density at radius 3 is 2.74 bits per heavy atom. The Bertz CT molecular complexity index is 1610. The van der Waals surface area contributed by atoms with E-state index in [2.05, 4.69) is 74.7 Å². The molecule has 2 aliphatic heterocycles. The van der Waals surface area contributed by atoms with Crippen molar-refractivity contribution in [2.24, 2.45) is 0 Å². The predicted molar refractivity (Wildman–Crippen MR) is 145 cm³/mol. The number of nitrogens with one attached hydrogen (secondary N) is 2. The molecule has 1 aromatic heterocycles. The van der Waals surface area contributed by atoms with Crippen molar-refractivity contribution in [3.63, 3.8) is 0 Å². The number of methoxy groups -OCH3 is 1. The highest BCUT2D eigenvalue weighted by Gasteiger charge is 2.65. The molecule has 1 aliphatic carbocycles. The van der Waals surface area contributed by atoms with E-state index in [9.17, 15) is 4.79 Å². The lowest BCUT2D eigenvalue weighted by Crippen LogP contribution is -2.35. The number of hydrogen-bond donors (Lipinski definition) is 2. The molecular weight excluding hydrogens is 476 g/mol. The van der Waals surface area contributed by atoms with Gasteiger partial charge in [0.2, 0.25) is 5.91 Å². The lowest BCUT2D eigenvalue weighted by molar-refractivity contribution is -0.118. The van der Waals surface area contributed by atoms with Crippen LogP contribution in [0, 0.1) is 11.8 Å². The largest absolute Gasteiger partial charge is 0.497 e. The van der Waals surface area contributed by atoms with E-state index >= 15 is 0 Å². The van der Waals surface area contributed by atoms with Crippen molar-refractivity contribution in [3.8, 4) is 17.6 Å². The molecule has 3 aliphatic rings. The number of hydrogen-bond acceptors (Lipinski definition) is 5. The summed E-state index contributed by atoms with van der Waals surface area (Å²) < 4.78 is 10.9. The maximum atomic E-state index is 13.0. The van der Waals surface area contributed by atoms with Gasteiger partial charge in [0.15, 0.2) is 0 Å². The second-order valence-electron chi connectivity index (χ2n) is 10.3. The van der Waals surface area contributed by atoms with Crippen LogP contribution in [0.2, 0.25) is 0 Å². The van der Waals surface area contributed by atoms with Crippen molar-refractivity contribution in [2.75, 3.05) is 38.7 Å². The normalized spacial score (nSPS) is 22.1. The van der Waals surface area contributed by atoms with Crippen LogP contribution in [0.25, 0.3) is 10.9 Å². The SMILES string of the molecule is COc1ccc2c(c1)C1(C[C@H]1c1ccc3c(C#Cc4ccc(CN5CCOCC5)cc4)[nH]nc3c1)C(=O)N2. The topological polar surface area (TPSA) is 79.5 Å². The smallest absolute Gasteiger partial charge is 0.235 e. The van der Waals surface area contributed by atoms with E-state index in [-0.39, 0.29) is 11.8 Å². The Hall–Kier alpha value is -4.12. The zero-order valence-corrected chi connectivity index (χ0v) is 21.2. The molecule has 7 nitrogen and oxygen atoms in total. The number of carbonyl (C=O) groups is 1. The molecule has 1 saturated carbocycles. The minimum Gasteiger partial charge on any atom is -0.497 e. The Balaban J connectivity index is 1.09. The van der Waals surface area contributed by atoms with E-state index in [1.165, 1.54) is 5.56 Å². The number of carbonyl (C=O) groups excluding carboxylic acids is 1. The molecule has 0 radical (unpaired) electrons. The molecule has 1 saturated heterocycles. The Morgan fingerprint density at radius 2 is 1.92 bits per heavy atom. The average molecular weight is 505 g/mol. The average Bonchev–Trinajstić information content (AvgIpc) is 3.50. The quantitative estimate of drug-likeness (QED) is 0.408. The van der Waals surface area contributed by atoms with Gasteiger partial charge in [-0.3, -0.25) is 14.8 Å². The fourth-order valence-electron chi connectivity index (χ4n) is 5.89. The molecule has 4 aromatic rings. The molecule has 3 aromatic carbocycles. The first kappa shape index (κ1) is 23.0. The number of ether oxygens (including phenoxy) is 2. The molecule has 2 atom stereocenters. The molecular formula is C31H28N4O3. The molecule has 7 heteroatoms. The number of aromatic nitrogens is 2. The van der Waals surface area contributed by atoms with Gasteiger partial charge < -0.3 is 14.8 Å². The first-order valence-corrected chi connectivity index (χ1v) is 13.0. The summed E-state index contributed by atoms with van der Waals surface area (Å²) in [4.78, 5) is 15.4. The van der Waals surface area contributed by atoms with Crippen LogP contribution in [0.1, 0.15) is 40.3 Å². The fraction of sp³-hybridized carbons (Fsp3) is 0.290. The van der Waals surface area contributed by atoms with Gasteiger partial charge in [-0.2, -0.15) is 5.10 Å². The van der Waals surface area contributed by atoms with Gasteiger partial charge in [-0.05, 0) is 71.5 Å². The van der Waals surface area contributed by atoms with Crippen molar-refractivity contribution < 1.29 is 14.3 Å². The zero-order chi connectivity index (χ0) is 25.7. The monoisotopic (exact) mass is 504 g/mol. The summed E-state index contributed by atoms with van der Waals surface area (Å²) in [6, 6.07) is 20.5. The van der Waals surface area contributed by atoms with Crippen molar-refractivity contribution in [1.29, 1.82) is 0 Å². The number of amides is 1. The molecule has 0 bridgehead atoms. The van der Waals surface area contributed by atoms with Crippen LogP contribution < -0.4 is 10.1 Å².